The predicted molar refractivity (Wildman–Crippen MR) is 108 cm³/mol. The van der Waals surface area contributed by atoms with Gasteiger partial charge in [-0.2, -0.15) is 0 Å². The molecule has 0 aliphatic heterocycles. The monoisotopic (exact) mass is 422 g/mol. The highest BCUT2D eigenvalue weighted by Gasteiger charge is 2.33. The van der Waals surface area contributed by atoms with Crippen LogP contribution in [0.1, 0.15) is 40.4 Å². The summed E-state index contributed by atoms with van der Waals surface area (Å²) in [6, 6.07) is 8.40. The quantitative estimate of drug-likeness (QED) is 0.483. The van der Waals surface area contributed by atoms with E-state index in [9.17, 15) is 19.2 Å². The van der Waals surface area contributed by atoms with E-state index in [-0.39, 0.29) is 46.9 Å². The molecule has 4 rings (SSSR count). The number of fused-ring (bicyclic) bond motifs is 1. The molecule has 3 aromatic rings. The van der Waals surface area contributed by atoms with Crippen molar-refractivity contribution in [2.75, 3.05) is 5.32 Å². The first kappa shape index (κ1) is 20.0. The van der Waals surface area contributed by atoms with Gasteiger partial charge in [-0.3, -0.25) is 18.9 Å². The number of Topliss-reactive ketones (excluding diaryl/α,β-unsaturated/α-hetero) is 2. The van der Waals surface area contributed by atoms with E-state index in [2.05, 4.69) is 25.3 Å². The van der Waals surface area contributed by atoms with Crippen molar-refractivity contribution in [1.29, 1.82) is 0 Å². The number of nitrogens with one attached hydrogen (secondary N) is 2. The second-order valence-corrected chi connectivity index (χ2v) is 7.09. The number of aromatic nitrogens is 3. The summed E-state index contributed by atoms with van der Waals surface area (Å²) in [5.74, 6) is -2.43. The van der Waals surface area contributed by atoms with Crippen LogP contribution in [-0.2, 0) is 11.3 Å². The number of rotatable bonds is 6. The summed E-state index contributed by atoms with van der Waals surface area (Å²) in [4.78, 5) is 51.8. The third-order valence-electron chi connectivity index (χ3n) is 4.96. The Hall–Kier alpha value is -4.28. The highest BCUT2D eigenvalue weighted by molar-refractivity contribution is 6.06. The number of allylic oxidation sites excluding steroid dienone is 2. The number of amides is 1. The standard InChI is InChI=1S/C20H18N6O5/c1-9-16(15(21)17(9)28)23-12-5-3-4-11(6-12)8-22-18(29)14-7-13(10(2)27)24-19-25-31-20(30)26(14)19/h3-7,9,23H,8,21H2,1-2H3,(H,22,29). The number of nitrogens with zero attached hydrogens (tertiary/aromatic N) is 3. The van der Waals surface area contributed by atoms with Crippen molar-refractivity contribution in [3.8, 4) is 0 Å². The van der Waals surface area contributed by atoms with Gasteiger partial charge in [0.2, 0.25) is 0 Å². The first-order valence-corrected chi connectivity index (χ1v) is 9.34. The fraction of sp³-hybridized carbons (Fsp3) is 0.200. The van der Waals surface area contributed by atoms with E-state index >= 15 is 0 Å². The zero-order chi connectivity index (χ0) is 22.3. The van der Waals surface area contributed by atoms with Crippen molar-refractivity contribution in [3.63, 3.8) is 0 Å². The van der Waals surface area contributed by atoms with Gasteiger partial charge in [0.1, 0.15) is 11.4 Å². The fourth-order valence-electron chi connectivity index (χ4n) is 3.22. The minimum atomic E-state index is -0.885. The number of anilines is 1. The molecule has 1 aliphatic carbocycles. The molecule has 11 heteroatoms. The van der Waals surface area contributed by atoms with E-state index < -0.39 is 11.7 Å². The Labute approximate surface area is 174 Å². The van der Waals surface area contributed by atoms with Crippen LogP contribution in [0.15, 0.2) is 51.0 Å². The van der Waals surface area contributed by atoms with Crippen molar-refractivity contribution in [2.45, 2.75) is 20.4 Å². The van der Waals surface area contributed by atoms with Gasteiger partial charge in [-0.25, -0.2) is 14.2 Å². The van der Waals surface area contributed by atoms with Gasteiger partial charge < -0.3 is 16.4 Å². The van der Waals surface area contributed by atoms with Gasteiger partial charge in [-0.05, 0) is 35.8 Å². The van der Waals surface area contributed by atoms with Crippen LogP contribution in [0.2, 0.25) is 0 Å². The third kappa shape index (κ3) is 3.56. The molecule has 1 aliphatic rings. The van der Waals surface area contributed by atoms with E-state index in [1.807, 2.05) is 6.07 Å². The molecule has 4 N–H and O–H groups in total. The number of carbonyl (C=O) groups excluding carboxylic acids is 3. The van der Waals surface area contributed by atoms with Gasteiger partial charge in [-0.1, -0.05) is 12.1 Å². The molecule has 2 aromatic heterocycles. The molecule has 158 valence electrons. The zero-order valence-electron chi connectivity index (χ0n) is 16.6. The molecular weight excluding hydrogens is 404 g/mol. The van der Waals surface area contributed by atoms with Crippen molar-refractivity contribution in [1.82, 2.24) is 19.9 Å². The third-order valence-corrected chi connectivity index (χ3v) is 4.96. The number of hydrogen-bond acceptors (Lipinski definition) is 9. The van der Waals surface area contributed by atoms with Crippen LogP contribution in [0.25, 0.3) is 5.78 Å². The average molecular weight is 422 g/mol. The zero-order valence-corrected chi connectivity index (χ0v) is 16.6. The molecule has 31 heavy (non-hydrogen) atoms. The van der Waals surface area contributed by atoms with Gasteiger partial charge in [-0.15, -0.1) is 0 Å². The Morgan fingerprint density at radius 2 is 2.03 bits per heavy atom. The van der Waals surface area contributed by atoms with Crippen LogP contribution in [0, 0.1) is 5.92 Å². The predicted octanol–water partition coefficient (Wildman–Crippen LogP) is 0.616. The Morgan fingerprint density at radius 1 is 1.26 bits per heavy atom. The van der Waals surface area contributed by atoms with E-state index in [4.69, 9.17) is 5.73 Å². The second kappa shape index (κ2) is 7.52. The Balaban J connectivity index is 1.54. The van der Waals surface area contributed by atoms with Gasteiger partial charge in [0.15, 0.2) is 11.6 Å². The lowest BCUT2D eigenvalue weighted by atomic mass is 9.87. The van der Waals surface area contributed by atoms with Gasteiger partial charge >= 0.3 is 5.76 Å². The first-order valence-electron chi connectivity index (χ1n) is 9.34. The van der Waals surface area contributed by atoms with E-state index in [1.54, 1.807) is 25.1 Å². The highest BCUT2D eigenvalue weighted by Crippen LogP contribution is 2.28. The Kier molecular flexibility index (Phi) is 4.85. The van der Waals surface area contributed by atoms with Crippen LogP contribution in [0.3, 0.4) is 0 Å². The van der Waals surface area contributed by atoms with Crippen LogP contribution in [-0.4, -0.2) is 32.0 Å². The van der Waals surface area contributed by atoms with E-state index in [0.29, 0.717) is 11.4 Å². The summed E-state index contributed by atoms with van der Waals surface area (Å²) >= 11 is 0. The molecule has 1 unspecified atom stereocenters. The summed E-state index contributed by atoms with van der Waals surface area (Å²) in [6.45, 7) is 3.19. The molecule has 2 heterocycles. The van der Waals surface area contributed by atoms with Crippen molar-refractivity contribution < 1.29 is 18.9 Å². The molecule has 0 radical (unpaired) electrons. The van der Waals surface area contributed by atoms with Crippen LogP contribution in [0.4, 0.5) is 5.69 Å². The topological polar surface area (TPSA) is 162 Å². The average Bonchev–Trinajstić information content (AvgIpc) is 3.15. The minimum absolute atomic E-state index is 0.0142. The van der Waals surface area contributed by atoms with Crippen molar-refractivity contribution in [3.05, 3.63) is 69.2 Å². The number of nitrogens with two attached hydrogens (primary N) is 1. The number of hydrogen-bond donors (Lipinski definition) is 3. The Bertz CT molecular complexity index is 1340. The fourth-order valence-corrected chi connectivity index (χ4v) is 3.22. The molecule has 1 atom stereocenters. The summed E-state index contributed by atoms with van der Waals surface area (Å²) in [6.07, 6.45) is 0. The molecule has 1 amide bonds. The number of carbonyl (C=O) groups is 3. The minimum Gasteiger partial charge on any atom is -0.394 e. The summed E-state index contributed by atoms with van der Waals surface area (Å²) in [7, 11) is 0. The molecule has 1 aromatic carbocycles. The van der Waals surface area contributed by atoms with Crippen molar-refractivity contribution >= 4 is 28.9 Å². The molecular formula is C20H18N6O5. The maximum atomic E-state index is 12.7. The van der Waals surface area contributed by atoms with Crippen molar-refractivity contribution in [2.24, 2.45) is 11.7 Å². The first-order chi connectivity index (χ1) is 14.8. The van der Waals surface area contributed by atoms with Crippen LogP contribution < -0.4 is 22.1 Å². The number of ketones is 2. The molecule has 0 saturated heterocycles. The highest BCUT2D eigenvalue weighted by atomic mass is 16.5. The van der Waals surface area contributed by atoms with Crippen LogP contribution >= 0.6 is 0 Å². The molecule has 11 nitrogen and oxygen atoms in total. The van der Waals surface area contributed by atoms with Crippen LogP contribution in [0.5, 0.6) is 0 Å². The summed E-state index contributed by atoms with van der Waals surface area (Å²) < 4.78 is 5.45. The normalized spacial score (nSPS) is 15.7. The number of benzene rings is 1. The lowest BCUT2D eigenvalue weighted by Gasteiger charge is -2.27. The summed E-state index contributed by atoms with van der Waals surface area (Å²) in [5, 5.41) is 9.30. The maximum Gasteiger partial charge on any atom is 0.448 e. The van der Waals surface area contributed by atoms with Gasteiger partial charge in [0, 0.05) is 19.2 Å². The summed E-state index contributed by atoms with van der Waals surface area (Å²) in [5.41, 5.74) is 7.94. The molecule has 0 spiro atoms. The molecule has 0 bridgehead atoms. The van der Waals surface area contributed by atoms with E-state index in [0.717, 1.165) is 9.96 Å². The van der Waals surface area contributed by atoms with E-state index in [1.165, 1.54) is 13.0 Å². The largest absolute Gasteiger partial charge is 0.448 e. The molecule has 0 fully saturated rings. The lowest BCUT2D eigenvalue weighted by Crippen LogP contribution is -2.37. The smallest absolute Gasteiger partial charge is 0.394 e. The maximum absolute atomic E-state index is 12.7. The Morgan fingerprint density at radius 3 is 2.74 bits per heavy atom. The van der Waals surface area contributed by atoms with Gasteiger partial charge in [0.05, 0.1) is 17.3 Å². The lowest BCUT2D eigenvalue weighted by molar-refractivity contribution is -0.119. The van der Waals surface area contributed by atoms with Gasteiger partial charge in [0.25, 0.3) is 11.7 Å². The SMILES string of the molecule is CC(=O)c1cc(C(=O)NCc2cccc(NC3=C(N)C(=O)C3C)c2)n2c(=O)onc2n1. The molecule has 0 saturated carbocycles. The second-order valence-electron chi connectivity index (χ2n) is 7.09.